The van der Waals surface area contributed by atoms with E-state index in [4.69, 9.17) is 0 Å². The summed E-state index contributed by atoms with van der Waals surface area (Å²) < 4.78 is 13.4. The van der Waals surface area contributed by atoms with Crippen LogP contribution in [-0.2, 0) is 0 Å². The predicted octanol–water partition coefficient (Wildman–Crippen LogP) is 5.69. The van der Waals surface area contributed by atoms with Crippen molar-refractivity contribution in [2.24, 2.45) is 5.10 Å². The second-order valence-electron chi connectivity index (χ2n) is 6.95. The van der Waals surface area contributed by atoms with Crippen LogP contribution in [-0.4, -0.2) is 20.6 Å². The maximum absolute atomic E-state index is 13.4. The molecule has 4 aromatic rings. The molecule has 0 saturated heterocycles. The largest absolute Gasteiger partial charge is 0.270 e. The number of aromatic nitrogens is 2. The van der Waals surface area contributed by atoms with Crippen LogP contribution in [0.2, 0.25) is 0 Å². The van der Waals surface area contributed by atoms with Gasteiger partial charge < -0.3 is 0 Å². The zero-order valence-corrected chi connectivity index (χ0v) is 17.1. The van der Waals surface area contributed by atoms with Gasteiger partial charge in [-0.3, -0.25) is 10.1 Å². The van der Waals surface area contributed by atoms with E-state index in [0.29, 0.717) is 22.7 Å². The Morgan fingerprint density at radius 1 is 0.906 bits per heavy atom. The molecule has 0 aliphatic carbocycles. The first kappa shape index (κ1) is 20.8. The fourth-order valence-corrected chi connectivity index (χ4v) is 3.07. The van der Waals surface area contributed by atoms with Gasteiger partial charge in [0, 0.05) is 28.8 Å². The number of nitrogens with zero attached hydrogens (tertiary/aromatic N) is 4. The highest BCUT2D eigenvalue weighted by Crippen LogP contribution is 2.25. The predicted molar refractivity (Wildman–Crippen MR) is 122 cm³/mol. The van der Waals surface area contributed by atoms with Crippen molar-refractivity contribution < 1.29 is 9.31 Å². The molecule has 32 heavy (non-hydrogen) atoms. The first-order chi connectivity index (χ1) is 15.5. The van der Waals surface area contributed by atoms with Crippen LogP contribution in [0, 0.1) is 15.9 Å². The molecule has 8 heteroatoms. The summed E-state index contributed by atoms with van der Waals surface area (Å²) >= 11 is 0. The van der Waals surface area contributed by atoms with Gasteiger partial charge >= 0.3 is 0 Å². The normalized spacial score (nSPS) is 11.2. The van der Waals surface area contributed by atoms with Crippen molar-refractivity contribution in [3.05, 3.63) is 106 Å². The summed E-state index contributed by atoms with van der Waals surface area (Å²) in [6, 6.07) is 23.7. The fourth-order valence-electron chi connectivity index (χ4n) is 3.07. The molecule has 158 valence electrons. The number of anilines is 1. The Balaban J connectivity index is 1.70. The molecule has 4 rings (SSSR count). The SMILES string of the molecule is C/C(=N\Nc1nc(-c2ccccc2)cc(-c2ccc(F)cc2)n1)c1cccc([N+](=O)[O-])c1. The zero-order valence-electron chi connectivity index (χ0n) is 17.1. The van der Waals surface area contributed by atoms with Gasteiger partial charge in [-0.15, -0.1) is 0 Å². The Morgan fingerprint density at radius 3 is 2.22 bits per heavy atom. The van der Waals surface area contributed by atoms with Gasteiger partial charge in [-0.25, -0.2) is 19.8 Å². The molecule has 0 aliphatic rings. The molecule has 0 atom stereocenters. The number of halogens is 1. The summed E-state index contributed by atoms with van der Waals surface area (Å²) in [6.07, 6.45) is 0. The Morgan fingerprint density at radius 2 is 1.56 bits per heavy atom. The fraction of sp³-hybridized carbons (Fsp3) is 0.0417. The summed E-state index contributed by atoms with van der Waals surface area (Å²) in [7, 11) is 0. The summed E-state index contributed by atoms with van der Waals surface area (Å²) in [5.74, 6) is -0.0860. The van der Waals surface area contributed by atoms with E-state index in [-0.39, 0.29) is 17.5 Å². The lowest BCUT2D eigenvalue weighted by molar-refractivity contribution is -0.384. The van der Waals surface area contributed by atoms with Crippen LogP contribution in [0.4, 0.5) is 16.0 Å². The van der Waals surface area contributed by atoms with Crippen LogP contribution in [0.1, 0.15) is 12.5 Å². The molecule has 0 radical (unpaired) electrons. The summed E-state index contributed by atoms with van der Waals surface area (Å²) in [5, 5.41) is 15.3. The molecule has 0 aliphatic heterocycles. The van der Waals surface area contributed by atoms with Gasteiger partial charge in [0.05, 0.1) is 22.0 Å². The van der Waals surface area contributed by atoms with E-state index in [1.165, 1.54) is 24.3 Å². The van der Waals surface area contributed by atoms with Crippen LogP contribution >= 0.6 is 0 Å². The number of hydrogen-bond donors (Lipinski definition) is 1. The minimum absolute atomic E-state index is 0.0158. The van der Waals surface area contributed by atoms with Gasteiger partial charge in [-0.2, -0.15) is 5.10 Å². The average Bonchev–Trinajstić information content (AvgIpc) is 2.83. The maximum Gasteiger partial charge on any atom is 0.270 e. The van der Waals surface area contributed by atoms with Crippen LogP contribution in [0.5, 0.6) is 0 Å². The van der Waals surface area contributed by atoms with E-state index in [1.54, 1.807) is 31.2 Å². The third-order valence-corrected chi connectivity index (χ3v) is 4.73. The Bertz CT molecular complexity index is 1290. The minimum Gasteiger partial charge on any atom is -0.258 e. The third-order valence-electron chi connectivity index (χ3n) is 4.73. The number of nitro groups is 1. The summed E-state index contributed by atoms with van der Waals surface area (Å²) in [6.45, 7) is 1.73. The van der Waals surface area contributed by atoms with Crippen molar-refractivity contribution in [2.75, 3.05) is 5.43 Å². The number of non-ortho nitro benzene ring substituents is 1. The molecule has 0 spiro atoms. The molecular weight excluding hydrogens is 409 g/mol. The molecule has 1 heterocycles. The number of nitrogens with one attached hydrogen (secondary N) is 1. The van der Waals surface area contributed by atoms with E-state index >= 15 is 0 Å². The van der Waals surface area contributed by atoms with Crippen LogP contribution in [0.15, 0.2) is 90.0 Å². The van der Waals surface area contributed by atoms with Crippen molar-refractivity contribution in [1.29, 1.82) is 0 Å². The van der Waals surface area contributed by atoms with Crippen molar-refractivity contribution in [3.63, 3.8) is 0 Å². The minimum atomic E-state index is -0.453. The first-order valence-corrected chi connectivity index (χ1v) is 9.75. The molecule has 7 nitrogen and oxygen atoms in total. The lowest BCUT2D eigenvalue weighted by Gasteiger charge is -2.09. The third kappa shape index (κ3) is 4.81. The number of hydrazone groups is 1. The average molecular weight is 427 g/mol. The molecule has 0 saturated carbocycles. The lowest BCUT2D eigenvalue weighted by Crippen LogP contribution is -2.04. The van der Waals surface area contributed by atoms with Crippen LogP contribution < -0.4 is 5.43 Å². The highest BCUT2D eigenvalue weighted by molar-refractivity contribution is 5.99. The number of benzene rings is 3. The molecule has 0 unspecified atom stereocenters. The van der Waals surface area contributed by atoms with Gasteiger partial charge in [-0.05, 0) is 37.3 Å². The topological polar surface area (TPSA) is 93.3 Å². The van der Waals surface area contributed by atoms with Gasteiger partial charge in [0.15, 0.2) is 0 Å². The van der Waals surface area contributed by atoms with E-state index < -0.39 is 4.92 Å². The zero-order chi connectivity index (χ0) is 22.5. The lowest BCUT2D eigenvalue weighted by atomic mass is 10.1. The Hall–Kier alpha value is -4.46. The Kier molecular flexibility index (Phi) is 5.94. The monoisotopic (exact) mass is 427 g/mol. The molecule has 3 aromatic carbocycles. The standard InChI is InChI=1S/C24H18FN5O2/c1-16(19-8-5-9-21(14-19)30(31)32)28-29-24-26-22(17-6-3-2-4-7-17)15-23(27-24)18-10-12-20(25)13-11-18/h2-15H,1H3,(H,26,27,29)/b28-16+. The number of nitro benzene ring substituents is 1. The van der Waals surface area contributed by atoms with Crippen molar-refractivity contribution >= 4 is 17.3 Å². The van der Waals surface area contributed by atoms with E-state index in [0.717, 1.165) is 11.1 Å². The second-order valence-corrected chi connectivity index (χ2v) is 6.95. The smallest absolute Gasteiger partial charge is 0.258 e. The Labute approximate surface area is 183 Å². The summed E-state index contributed by atoms with van der Waals surface area (Å²) in [4.78, 5) is 19.6. The van der Waals surface area contributed by atoms with Gasteiger partial charge in [0.25, 0.3) is 5.69 Å². The van der Waals surface area contributed by atoms with E-state index in [1.807, 2.05) is 36.4 Å². The first-order valence-electron chi connectivity index (χ1n) is 9.75. The molecule has 0 fully saturated rings. The highest BCUT2D eigenvalue weighted by atomic mass is 19.1. The highest BCUT2D eigenvalue weighted by Gasteiger charge is 2.10. The van der Waals surface area contributed by atoms with E-state index in [2.05, 4.69) is 20.5 Å². The molecular formula is C24H18FN5O2. The van der Waals surface area contributed by atoms with E-state index in [9.17, 15) is 14.5 Å². The summed E-state index contributed by atoms with van der Waals surface area (Å²) in [5.41, 5.74) is 6.86. The van der Waals surface area contributed by atoms with Gasteiger partial charge in [0.1, 0.15) is 5.82 Å². The van der Waals surface area contributed by atoms with Gasteiger partial charge in [0.2, 0.25) is 5.95 Å². The number of hydrogen-bond acceptors (Lipinski definition) is 6. The van der Waals surface area contributed by atoms with Crippen molar-refractivity contribution in [2.45, 2.75) is 6.92 Å². The molecule has 0 amide bonds. The molecule has 0 bridgehead atoms. The quantitative estimate of drug-likeness (QED) is 0.242. The molecule has 1 aromatic heterocycles. The van der Waals surface area contributed by atoms with Gasteiger partial charge in [-0.1, -0.05) is 42.5 Å². The number of rotatable bonds is 6. The second kappa shape index (κ2) is 9.13. The van der Waals surface area contributed by atoms with Crippen LogP contribution in [0.3, 0.4) is 0 Å². The van der Waals surface area contributed by atoms with Crippen molar-refractivity contribution in [1.82, 2.24) is 9.97 Å². The maximum atomic E-state index is 13.4. The van der Waals surface area contributed by atoms with Crippen LogP contribution in [0.25, 0.3) is 22.5 Å². The van der Waals surface area contributed by atoms with Crippen molar-refractivity contribution in [3.8, 4) is 22.5 Å². The molecule has 1 N–H and O–H groups in total.